The number of nitriles is 1. The number of carbonyl (C=O) groups is 1. The minimum atomic E-state index is -0.420. The van der Waals surface area contributed by atoms with Gasteiger partial charge in [0.1, 0.15) is 6.29 Å². The number of carbonyl (C=O) groups excluding carboxylic acids is 1. The topological polar surface area (TPSA) is 40.9 Å². The molecular formula is C11H13NO. The zero-order chi connectivity index (χ0) is 9.90. The molecule has 2 nitrogen and oxygen atoms in total. The maximum atomic E-state index is 10.8. The van der Waals surface area contributed by atoms with Gasteiger partial charge in [0.05, 0.1) is 6.07 Å². The predicted molar refractivity (Wildman–Crippen MR) is 50.9 cm³/mol. The Hall–Kier alpha value is -1.36. The van der Waals surface area contributed by atoms with Crippen LogP contribution in [0.15, 0.2) is 23.3 Å². The van der Waals surface area contributed by atoms with Crippen LogP contribution in [-0.2, 0) is 4.79 Å². The first-order valence-electron chi connectivity index (χ1n) is 4.38. The average Bonchev–Trinajstić information content (AvgIpc) is 2.18. The summed E-state index contributed by atoms with van der Waals surface area (Å²) < 4.78 is 0. The maximum absolute atomic E-state index is 10.8. The molecule has 0 aliphatic heterocycles. The second-order valence-corrected chi connectivity index (χ2v) is 3.82. The predicted octanol–water partition coefficient (Wildman–Crippen LogP) is 2.38. The van der Waals surface area contributed by atoms with Crippen molar-refractivity contribution < 1.29 is 4.79 Å². The molecule has 0 saturated carbocycles. The first-order valence-corrected chi connectivity index (χ1v) is 4.38. The first-order chi connectivity index (χ1) is 6.10. The minimum Gasteiger partial charge on any atom is -0.302 e. The smallest absolute Gasteiger partial charge is 0.129 e. The molecule has 1 aliphatic rings. The van der Waals surface area contributed by atoms with E-state index in [2.05, 4.69) is 6.07 Å². The van der Waals surface area contributed by atoms with Gasteiger partial charge in [0.2, 0.25) is 0 Å². The highest BCUT2D eigenvalue weighted by Crippen LogP contribution is 2.31. The van der Waals surface area contributed by atoms with E-state index in [4.69, 9.17) is 5.26 Å². The highest BCUT2D eigenvalue weighted by molar-refractivity contribution is 5.65. The van der Waals surface area contributed by atoms with Crippen LogP contribution in [0.2, 0.25) is 0 Å². The largest absolute Gasteiger partial charge is 0.302 e. The second kappa shape index (κ2) is 3.57. The Morgan fingerprint density at radius 3 is 2.85 bits per heavy atom. The van der Waals surface area contributed by atoms with E-state index in [-0.39, 0.29) is 0 Å². The molecular weight excluding hydrogens is 162 g/mol. The molecule has 13 heavy (non-hydrogen) atoms. The van der Waals surface area contributed by atoms with E-state index in [1.807, 2.05) is 26.0 Å². The number of nitrogens with zero attached hydrogens (tertiary/aromatic N) is 1. The molecule has 0 aromatic carbocycles. The van der Waals surface area contributed by atoms with Gasteiger partial charge in [-0.1, -0.05) is 11.6 Å². The van der Waals surface area contributed by atoms with Crippen molar-refractivity contribution in [2.24, 2.45) is 5.41 Å². The van der Waals surface area contributed by atoms with Crippen LogP contribution in [0.5, 0.6) is 0 Å². The molecule has 0 spiro atoms. The van der Waals surface area contributed by atoms with Crippen LogP contribution in [-0.4, -0.2) is 6.29 Å². The summed E-state index contributed by atoms with van der Waals surface area (Å²) in [6.07, 6.45) is 6.43. The zero-order valence-corrected chi connectivity index (χ0v) is 8.00. The van der Waals surface area contributed by atoms with E-state index >= 15 is 0 Å². The van der Waals surface area contributed by atoms with Crippen LogP contribution in [0.3, 0.4) is 0 Å². The van der Waals surface area contributed by atoms with Gasteiger partial charge in [-0.15, -0.1) is 0 Å². The molecule has 1 aliphatic carbocycles. The molecule has 0 aromatic rings. The number of aldehydes is 1. The summed E-state index contributed by atoms with van der Waals surface area (Å²) in [6.45, 7) is 3.76. The van der Waals surface area contributed by atoms with Gasteiger partial charge in [-0.25, -0.2) is 0 Å². The van der Waals surface area contributed by atoms with Crippen molar-refractivity contribution in [2.75, 3.05) is 0 Å². The number of allylic oxidation sites excluding steroid dienone is 4. The second-order valence-electron chi connectivity index (χ2n) is 3.82. The standard InChI is InChI=1S/C11H13NO/c1-11(2,8-13)10-5-3-4-9(6-10)7-12/h4,6,8H,3,5H2,1-2H3. The van der Waals surface area contributed by atoms with E-state index in [1.165, 1.54) is 0 Å². The molecule has 0 fully saturated rings. The van der Waals surface area contributed by atoms with Crippen LogP contribution in [0, 0.1) is 16.7 Å². The summed E-state index contributed by atoms with van der Waals surface area (Å²) in [4.78, 5) is 10.8. The van der Waals surface area contributed by atoms with Gasteiger partial charge in [0.15, 0.2) is 0 Å². The third-order valence-corrected chi connectivity index (χ3v) is 2.36. The lowest BCUT2D eigenvalue weighted by Crippen LogP contribution is -2.17. The summed E-state index contributed by atoms with van der Waals surface area (Å²) in [5.41, 5.74) is 1.31. The monoisotopic (exact) mass is 175 g/mol. The van der Waals surface area contributed by atoms with E-state index in [0.29, 0.717) is 5.57 Å². The van der Waals surface area contributed by atoms with Gasteiger partial charge < -0.3 is 4.79 Å². The van der Waals surface area contributed by atoms with Crippen LogP contribution < -0.4 is 0 Å². The van der Waals surface area contributed by atoms with E-state index in [1.54, 1.807) is 0 Å². The number of rotatable bonds is 2. The Morgan fingerprint density at radius 2 is 2.31 bits per heavy atom. The Bertz CT molecular complexity index is 315. The Labute approximate surface area is 78.6 Å². The van der Waals surface area contributed by atoms with Crippen molar-refractivity contribution in [3.63, 3.8) is 0 Å². The molecule has 0 amide bonds. The van der Waals surface area contributed by atoms with E-state index in [9.17, 15) is 4.79 Å². The van der Waals surface area contributed by atoms with Crippen molar-refractivity contribution in [3.05, 3.63) is 23.3 Å². The molecule has 0 radical (unpaired) electrons. The van der Waals surface area contributed by atoms with Crippen LogP contribution in [0.25, 0.3) is 0 Å². The van der Waals surface area contributed by atoms with Crippen molar-refractivity contribution in [1.29, 1.82) is 5.26 Å². The molecule has 0 bridgehead atoms. The third-order valence-electron chi connectivity index (χ3n) is 2.36. The van der Waals surface area contributed by atoms with Gasteiger partial charge >= 0.3 is 0 Å². The van der Waals surface area contributed by atoms with Crippen molar-refractivity contribution in [2.45, 2.75) is 26.7 Å². The molecule has 68 valence electrons. The quantitative estimate of drug-likeness (QED) is 0.604. The fourth-order valence-electron chi connectivity index (χ4n) is 1.36. The average molecular weight is 175 g/mol. The maximum Gasteiger partial charge on any atom is 0.129 e. The van der Waals surface area contributed by atoms with Crippen LogP contribution in [0.1, 0.15) is 26.7 Å². The van der Waals surface area contributed by atoms with Gasteiger partial charge in [0, 0.05) is 11.0 Å². The van der Waals surface area contributed by atoms with Crippen molar-refractivity contribution in [3.8, 4) is 6.07 Å². The fraction of sp³-hybridized carbons (Fsp3) is 0.455. The summed E-state index contributed by atoms with van der Waals surface area (Å²) >= 11 is 0. The summed E-state index contributed by atoms with van der Waals surface area (Å²) in [7, 11) is 0. The van der Waals surface area contributed by atoms with Crippen molar-refractivity contribution >= 4 is 6.29 Å². The number of hydrogen-bond donors (Lipinski definition) is 0. The lowest BCUT2D eigenvalue weighted by Gasteiger charge is -2.23. The SMILES string of the molecule is CC(C)(C=O)C1=CC(C#N)=CCC1. The molecule has 1 rings (SSSR count). The van der Waals surface area contributed by atoms with Crippen molar-refractivity contribution in [1.82, 2.24) is 0 Å². The molecule has 0 aromatic heterocycles. The Morgan fingerprint density at radius 1 is 1.62 bits per heavy atom. The Kier molecular flexibility index (Phi) is 2.67. The zero-order valence-electron chi connectivity index (χ0n) is 8.00. The Balaban J connectivity index is 2.96. The fourth-order valence-corrected chi connectivity index (χ4v) is 1.36. The van der Waals surface area contributed by atoms with Gasteiger partial charge in [0.25, 0.3) is 0 Å². The number of hydrogen-bond acceptors (Lipinski definition) is 2. The highest BCUT2D eigenvalue weighted by atomic mass is 16.1. The summed E-state index contributed by atoms with van der Waals surface area (Å²) in [5.74, 6) is 0. The van der Waals surface area contributed by atoms with Crippen LogP contribution in [0.4, 0.5) is 0 Å². The van der Waals surface area contributed by atoms with Gasteiger partial charge in [-0.05, 0) is 32.8 Å². The molecule has 0 heterocycles. The molecule has 2 heteroatoms. The first kappa shape index (κ1) is 9.73. The summed E-state index contributed by atoms with van der Waals surface area (Å²) in [5, 5.41) is 8.70. The molecule has 0 N–H and O–H groups in total. The summed E-state index contributed by atoms with van der Waals surface area (Å²) in [6, 6.07) is 2.10. The van der Waals surface area contributed by atoms with Gasteiger partial charge in [-0.2, -0.15) is 5.26 Å². The molecule has 0 unspecified atom stereocenters. The van der Waals surface area contributed by atoms with E-state index in [0.717, 1.165) is 24.7 Å². The lowest BCUT2D eigenvalue weighted by molar-refractivity contribution is -0.113. The van der Waals surface area contributed by atoms with Gasteiger partial charge in [-0.3, -0.25) is 0 Å². The molecule has 0 atom stereocenters. The third kappa shape index (κ3) is 2.06. The molecule has 0 saturated heterocycles. The minimum absolute atomic E-state index is 0.420. The van der Waals surface area contributed by atoms with Crippen LogP contribution >= 0.6 is 0 Å². The normalized spacial score (nSPS) is 17.0. The highest BCUT2D eigenvalue weighted by Gasteiger charge is 2.23. The van der Waals surface area contributed by atoms with E-state index < -0.39 is 5.41 Å². The lowest BCUT2D eigenvalue weighted by atomic mass is 9.80.